The smallest absolute Gasteiger partial charge is 0.124 e. The molecule has 0 aliphatic carbocycles. The molecule has 4 heteroatoms. The van der Waals surface area contributed by atoms with Gasteiger partial charge in [-0.05, 0) is 43.3 Å². The average Bonchev–Trinajstić information content (AvgIpc) is 2.46. The molecule has 0 saturated heterocycles. The SMILES string of the molecule is CCCOc1ccccc1C(NC)c1cc(Br)cc(Br)c1. The van der Waals surface area contributed by atoms with Gasteiger partial charge in [-0.15, -0.1) is 0 Å². The molecule has 0 aliphatic rings. The normalized spacial score (nSPS) is 12.2. The second kappa shape index (κ2) is 7.97. The van der Waals surface area contributed by atoms with E-state index in [1.165, 1.54) is 5.56 Å². The first-order valence-electron chi connectivity index (χ1n) is 7.00. The summed E-state index contributed by atoms with van der Waals surface area (Å²) in [4.78, 5) is 0. The zero-order valence-corrected chi connectivity index (χ0v) is 15.4. The van der Waals surface area contributed by atoms with E-state index in [4.69, 9.17) is 4.74 Å². The van der Waals surface area contributed by atoms with Crippen molar-refractivity contribution in [1.29, 1.82) is 0 Å². The number of hydrogen-bond donors (Lipinski definition) is 1. The van der Waals surface area contributed by atoms with Gasteiger partial charge in [-0.25, -0.2) is 0 Å². The van der Waals surface area contributed by atoms with Crippen LogP contribution in [0.5, 0.6) is 5.75 Å². The third-order valence-corrected chi connectivity index (χ3v) is 4.11. The van der Waals surface area contributed by atoms with Crippen LogP contribution >= 0.6 is 31.9 Å². The van der Waals surface area contributed by atoms with Crippen LogP contribution in [-0.2, 0) is 0 Å². The Kier molecular flexibility index (Phi) is 6.27. The van der Waals surface area contributed by atoms with Crippen molar-refractivity contribution < 1.29 is 4.74 Å². The molecule has 0 amide bonds. The van der Waals surface area contributed by atoms with Crippen molar-refractivity contribution >= 4 is 31.9 Å². The summed E-state index contributed by atoms with van der Waals surface area (Å²) in [5.41, 5.74) is 2.34. The van der Waals surface area contributed by atoms with Crippen molar-refractivity contribution in [2.75, 3.05) is 13.7 Å². The fourth-order valence-electron chi connectivity index (χ4n) is 2.31. The van der Waals surface area contributed by atoms with Gasteiger partial charge in [0.25, 0.3) is 0 Å². The summed E-state index contributed by atoms with van der Waals surface area (Å²) >= 11 is 7.11. The summed E-state index contributed by atoms with van der Waals surface area (Å²) in [6.07, 6.45) is 1.00. The fourth-order valence-corrected chi connectivity index (χ4v) is 3.64. The summed E-state index contributed by atoms with van der Waals surface area (Å²) in [7, 11) is 1.97. The zero-order valence-electron chi connectivity index (χ0n) is 12.2. The van der Waals surface area contributed by atoms with Crippen LogP contribution in [0.1, 0.15) is 30.5 Å². The van der Waals surface area contributed by atoms with E-state index in [2.05, 4.69) is 62.3 Å². The van der Waals surface area contributed by atoms with Crippen molar-refractivity contribution in [3.63, 3.8) is 0 Å². The molecular weight excluding hydrogens is 394 g/mol. The number of ether oxygens (including phenoxy) is 1. The molecule has 1 unspecified atom stereocenters. The number of halogens is 2. The van der Waals surface area contributed by atoms with Crippen molar-refractivity contribution in [2.24, 2.45) is 0 Å². The lowest BCUT2D eigenvalue weighted by Gasteiger charge is -2.21. The molecule has 0 radical (unpaired) electrons. The van der Waals surface area contributed by atoms with Gasteiger partial charge in [-0.1, -0.05) is 57.0 Å². The Morgan fingerprint density at radius 2 is 1.76 bits per heavy atom. The van der Waals surface area contributed by atoms with E-state index in [1.807, 2.05) is 31.3 Å². The van der Waals surface area contributed by atoms with E-state index in [-0.39, 0.29) is 6.04 Å². The second-order valence-corrected chi connectivity index (χ2v) is 6.64. The minimum atomic E-state index is 0.0897. The van der Waals surface area contributed by atoms with Crippen LogP contribution in [-0.4, -0.2) is 13.7 Å². The first kappa shape index (κ1) is 16.5. The Balaban J connectivity index is 2.41. The standard InChI is InChI=1S/C17H19Br2NO/c1-3-8-21-16-7-5-4-6-15(16)17(20-2)12-9-13(18)11-14(19)10-12/h4-7,9-11,17,20H,3,8H2,1-2H3. The Morgan fingerprint density at radius 1 is 1.10 bits per heavy atom. The molecule has 0 bridgehead atoms. The van der Waals surface area contributed by atoms with Crippen molar-refractivity contribution in [2.45, 2.75) is 19.4 Å². The summed E-state index contributed by atoms with van der Waals surface area (Å²) in [5.74, 6) is 0.940. The third kappa shape index (κ3) is 4.31. The molecular formula is C17H19Br2NO. The maximum absolute atomic E-state index is 5.89. The van der Waals surface area contributed by atoms with Crippen LogP contribution in [0.2, 0.25) is 0 Å². The minimum absolute atomic E-state index is 0.0897. The molecule has 1 atom stereocenters. The van der Waals surface area contributed by atoms with Gasteiger partial charge in [-0.3, -0.25) is 0 Å². The van der Waals surface area contributed by atoms with Gasteiger partial charge in [0.1, 0.15) is 5.75 Å². The summed E-state index contributed by atoms with van der Waals surface area (Å²) in [6.45, 7) is 2.85. The first-order chi connectivity index (χ1) is 10.2. The minimum Gasteiger partial charge on any atom is -0.493 e. The van der Waals surface area contributed by atoms with Gasteiger partial charge in [0.15, 0.2) is 0 Å². The lowest BCUT2D eigenvalue weighted by molar-refractivity contribution is 0.312. The van der Waals surface area contributed by atoms with Crippen LogP contribution in [0, 0.1) is 0 Å². The number of benzene rings is 2. The van der Waals surface area contributed by atoms with Gasteiger partial charge >= 0.3 is 0 Å². The molecule has 2 rings (SSSR count). The highest BCUT2D eigenvalue weighted by atomic mass is 79.9. The van der Waals surface area contributed by atoms with Crippen molar-refractivity contribution in [3.8, 4) is 5.75 Å². The molecule has 0 spiro atoms. The van der Waals surface area contributed by atoms with Crippen LogP contribution in [0.15, 0.2) is 51.4 Å². The summed E-state index contributed by atoms with van der Waals surface area (Å²) in [5, 5.41) is 3.38. The maximum atomic E-state index is 5.89. The molecule has 0 aromatic heterocycles. The molecule has 2 nitrogen and oxygen atoms in total. The summed E-state index contributed by atoms with van der Waals surface area (Å²) < 4.78 is 8.00. The van der Waals surface area contributed by atoms with Gasteiger partial charge in [-0.2, -0.15) is 0 Å². The molecule has 0 fully saturated rings. The first-order valence-corrected chi connectivity index (χ1v) is 8.59. The van der Waals surface area contributed by atoms with Gasteiger partial charge < -0.3 is 10.1 Å². The number of para-hydroxylation sites is 1. The predicted molar refractivity (Wildman–Crippen MR) is 95.0 cm³/mol. The van der Waals surface area contributed by atoms with E-state index in [9.17, 15) is 0 Å². The molecule has 0 heterocycles. The average molecular weight is 413 g/mol. The van der Waals surface area contributed by atoms with Crippen molar-refractivity contribution in [3.05, 3.63) is 62.5 Å². The monoisotopic (exact) mass is 411 g/mol. The topological polar surface area (TPSA) is 21.3 Å². The highest BCUT2D eigenvalue weighted by Crippen LogP contribution is 2.32. The quantitative estimate of drug-likeness (QED) is 0.694. The Bertz CT molecular complexity index is 581. The van der Waals surface area contributed by atoms with Gasteiger partial charge in [0.05, 0.1) is 12.6 Å². The van der Waals surface area contributed by atoms with Crippen LogP contribution in [0.4, 0.5) is 0 Å². The Morgan fingerprint density at radius 3 is 2.38 bits per heavy atom. The predicted octanol–water partition coefficient (Wildman–Crippen LogP) is 5.31. The molecule has 112 valence electrons. The molecule has 0 aliphatic heterocycles. The fraction of sp³-hybridized carbons (Fsp3) is 0.294. The number of rotatable bonds is 6. The highest BCUT2D eigenvalue weighted by Gasteiger charge is 2.17. The van der Waals surface area contributed by atoms with Crippen LogP contribution in [0.25, 0.3) is 0 Å². The highest BCUT2D eigenvalue weighted by molar-refractivity contribution is 9.11. The molecule has 0 saturated carbocycles. The maximum Gasteiger partial charge on any atom is 0.124 e. The number of nitrogens with one attached hydrogen (secondary N) is 1. The van der Waals surface area contributed by atoms with E-state index < -0.39 is 0 Å². The van der Waals surface area contributed by atoms with Crippen LogP contribution < -0.4 is 10.1 Å². The Hall–Kier alpha value is -0.840. The van der Waals surface area contributed by atoms with E-state index in [0.29, 0.717) is 0 Å². The van der Waals surface area contributed by atoms with Crippen LogP contribution in [0.3, 0.4) is 0 Å². The molecule has 2 aromatic carbocycles. The summed E-state index contributed by atoms with van der Waals surface area (Å²) in [6, 6.07) is 14.6. The second-order valence-electron chi connectivity index (χ2n) is 4.81. The number of hydrogen-bond acceptors (Lipinski definition) is 2. The van der Waals surface area contributed by atoms with E-state index in [1.54, 1.807) is 0 Å². The van der Waals surface area contributed by atoms with E-state index in [0.717, 1.165) is 33.3 Å². The molecule has 2 aromatic rings. The molecule has 21 heavy (non-hydrogen) atoms. The van der Waals surface area contributed by atoms with E-state index >= 15 is 0 Å². The third-order valence-electron chi connectivity index (χ3n) is 3.20. The Labute approximate surface area is 143 Å². The lowest BCUT2D eigenvalue weighted by Crippen LogP contribution is -2.18. The lowest BCUT2D eigenvalue weighted by atomic mass is 9.98. The van der Waals surface area contributed by atoms with Gasteiger partial charge in [0.2, 0.25) is 0 Å². The largest absolute Gasteiger partial charge is 0.493 e. The van der Waals surface area contributed by atoms with Crippen molar-refractivity contribution in [1.82, 2.24) is 5.32 Å². The van der Waals surface area contributed by atoms with Gasteiger partial charge in [0, 0.05) is 14.5 Å². The molecule has 1 N–H and O–H groups in total. The zero-order chi connectivity index (χ0) is 15.2.